The van der Waals surface area contributed by atoms with Crippen LogP contribution in [0.1, 0.15) is 20.8 Å². The van der Waals surface area contributed by atoms with Crippen molar-refractivity contribution in [1.29, 1.82) is 0 Å². The third kappa shape index (κ3) is 5.75. The molecule has 0 unspecified atom stereocenters. The highest BCUT2D eigenvalue weighted by Crippen LogP contribution is 2.21. The van der Waals surface area contributed by atoms with E-state index in [0.717, 1.165) is 18.0 Å². The van der Waals surface area contributed by atoms with Crippen molar-refractivity contribution in [2.24, 2.45) is 5.41 Å². The molecule has 0 atom stereocenters. The van der Waals surface area contributed by atoms with Crippen LogP contribution in [0.5, 0.6) is 5.75 Å². The molecule has 19 heavy (non-hydrogen) atoms. The number of nitrogens with zero attached hydrogens (tertiary/aromatic N) is 1. The van der Waals surface area contributed by atoms with E-state index in [9.17, 15) is 4.79 Å². The van der Waals surface area contributed by atoms with Crippen molar-refractivity contribution in [3.8, 4) is 5.75 Å². The molecule has 0 aliphatic rings. The van der Waals surface area contributed by atoms with Gasteiger partial charge in [-0.05, 0) is 26.2 Å². The molecule has 4 heteroatoms. The normalized spacial score (nSPS) is 11.5. The van der Waals surface area contributed by atoms with Crippen LogP contribution in [-0.2, 0) is 4.79 Å². The minimum absolute atomic E-state index is 0.00191. The lowest BCUT2D eigenvalue weighted by molar-refractivity contribution is -0.123. The van der Waals surface area contributed by atoms with Crippen LogP contribution >= 0.6 is 0 Å². The second kappa shape index (κ2) is 6.57. The zero-order chi connectivity index (χ0) is 14.5. The zero-order valence-electron chi connectivity index (χ0n) is 12.5. The molecule has 0 aliphatic carbocycles. The van der Waals surface area contributed by atoms with Gasteiger partial charge in [0, 0.05) is 23.7 Å². The van der Waals surface area contributed by atoms with E-state index in [2.05, 4.69) is 10.2 Å². The van der Waals surface area contributed by atoms with Crippen LogP contribution in [0.4, 0.5) is 5.69 Å². The van der Waals surface area contributed by atoms with Crippen LogP contribution in [0.25, 0.3) is 0 Å². The molecule has 1 aromatic carbocycles. The van der Waals surface area contributed by atoms with Gasteiger partial charge in [-0.15, -0.1) is 0 Å². The van der Waals surface area contributed by atoms with Gasteiger partial charge in [0.25, 0.3) is 0 Å². The Bertz CT molecular complexity index is 422. The Morgan fingerprint density at radius 1 is 1.32 bits per heavy atom. The summed E-state index contributed by atoms with van der Waals surface area (Å²) in [5, 5.41) is 2.89. The highest BCUT2D eigenvalue weighted by atomic mass is 16.5. The first-order valence-corrected chi connectivity index (χ1v) is 6.48. The van der Waals surface area contributed by atoms with Gasteiger partial charge in [-0.2, -0.15) is 0 Å². The van der Waals surface area contributed by atoms with Crippen molar-refractivity contribution < 1.29 is 9.53 Å². The van der Waals surface area contributed by atoms with Gasteiger partial charge in [0.15, 0.2) is 0 Å². The lowest BCUT2D eigenvalue weighted by atomic mass is 9.95. The van der Waals surface area contributed by atoms with E-state index in [0.29, 0.717) is 6.61 Å². The van der Waals surface area contributed by atoms with Gasteiger partial charge in [0.1, 0.15) is 12.4 Å². The smallest absolute Gasteiger partial charge is 0.229 e. The summed E-state index contributed by atoms with van der Waals surface area (Å²) in [6.07, 6.45) is 0. The Kier molecular flexibility index (Phi) is 5.36. The lowest BCUT2D eigenvalue weighted by Crippen LogP contribution is -2.27. The fraction of sp³-hybridized carbons (Fsp3) is 0.533. The average molecular weight is 264 g/mol. The first-order chi connectivity index (χ1) is 8.79. The number of amides is 1. The Labute approximate surface area is 115 Å². The molecule has 0 saturated carbocycles. The summed E-state index contributed by atoms with van der Waals surface area (Å²) in [5.74, 6) is 0.770. The van der Waals surface area contributed by atoms with Gasteiger partial charge >= 0.3 is 0 Å². The molecule has 1 aromatic rings. The second-order valence-corrected chi connectivity index (χ2v) is 5.88. The number of carbonyl (C=O) groups excluding carboxylic acids is 1. The predicted molar refractivity (Wildman–Crippen MR) is 78.6 cm³/mol. The molecule has 0 fully saturated rings. The van der Waals surface area contributed by atoms with Crippen LogP contribution in [0.15, 0.2) is 24.3 Å². The van der Waals surface area contributed by atoms with Gasteiger partial charge in [-0.3, -0.25) is 4.79 Å². The van der Waals surface area contributed by atoms with Crippen molar-refractivity contribution >= 4 is 11.6 Å². The Morgan fingerprint density at radius 2 is 2.00 bits per heavy atom. The number of nitrogens with one attached hydrogen (secondary N) is 1. The Balaban J connectivity index is 2.59. The molecular formula is C15H24N2O2. The van der Waals surface area contributed by atoms with Gasteiger partial charge in [-0.25, -0.2) is 0 Å². The number of ether oxygens (including phenoxy) is 1. The summed E-state index contributed by atoms with van der Waals surface area (Å²) >= 11 is 0. The van der Waals surface area contributed by atoms with E-state index in [-0.39, 0.29) is 5.91 Å². The monoisotopic (exact) mass is 264 g/mol. The molecule has 0 radical (unpaired) electrons. The highest BCUT2D eigenvalue weighted by molar-refractivity contribution is 5.94. The standard InChI is InChI=1S/C15H24N2O2/c1-15(2,3)14(18)16-12-7-6-8-13(11-12)19-10-9-17(4)5/h6-8,11H,9-10H2,1-5H3,(H,16,18). The van der Waals surface area contributed by atoms with Crippen LogP contribution < -0.4 is 10.1 Å². The molecule has 0 aliphatic heterocycles. The average Bonchev–Trinajstić information content (AvgIpc) is 2.27. The molecular weight excluding hydrogens is 240 g/mol. The number of carbonyl (C=O) groups is 1. The number of hydrogen-bond acceptors (Lipinski definition) is 3. The molecule has 0 aromatic heterocycles. The van der Waals surface area contributed by atoms with Crippen molar-refractivity contribution in [2.45, 2.75) is 20.8 Å². The molecule has 106 valence electrons. The van der Waals surface area contributed by atoms with E-state index in [1.807, 2.05) is 59.1 Å². The third-order valence-corrected chi connectivity index (χ3v) is 2.58. The van der Waals surface area contributed by atoms with Gasteiger partial charge in [-0.1, -0.05) is 26.8 Å². The third-order valence-electron chi connectivity index (χ3n) is 2.58. The maximum atomic E-state index is 11.9. The topological polar surface area (TPSA) is 41.6 Å². The lowest BCUT2D eigenvalue weighted by Gasteiger charge is -2.18. The van der Waals surface area contributed by atoms with Crippen LogP contribution in [0.3, 0.4) is 0 Å². The van der Waals surface area contributed by atoms with Crippen LogP contribution in [0.2, 0.25) is 0 Å². The minimum atomic E-state index is -0.401. The molecule has 1 rings (SSSR count). The first-order valence-electron chi connectivity index (χ1n) is 6.48. The van der Waals surface area contributed by atoms with Crippen LogP contribution in [-0.4, -0.2) is 38.1 Å². The molecule has 0 saturated heterocycles. The highest BCUT2D eigenvalue weighted by Gasteiger charge is 2.21. The fourth-order valence-electron chi connectivity index (χ4n) is 1.33. The molecule has 1 N–H and O–H groups in total. The molecule has 0 heterocycles. The maximum absolute atomic E-state index is 11.9. The predicted octanol–water partition coefficient (Wildman–Crippen LogP) is 2.61. The molecule has 0 bridgehead atoms. The minimum Gasteiger partial charge on any atom is -0.492 e. The molecule has 4 nitrogen and oxygen atoms in total. The summed E-state index contributed by atoms with van der Waals surface area (Å²) in [5.41, 5.74) is 0.365. The van der Waals surface area contributed by atoms with Crippen molar-refractivity contribution in [1.82, 2.24) is 4.90 Å². The van der Waals surface area contributed by atoms with E-state index in [1.165, 1.54) is 0 Å². The molecule has 1 amide bonds. The maximum Gasteiger partial charge on any atom is 0.229 e. The van der Waals surface area contributed by atoms with Crippen molar-refractivity contribution in [3.05, 3.63) is 24.3 Å². The quantitative estimate of drug-likeness (QED) is 0.889. The van der Waals surface area contributed by atoms with E-state index in [1.54, 1.807) is 0 Å². The van der Waals surface area contributed by atoms with Crippen LogP contribution in [0, 0.1) is 5.41 Å². The Hall–Kier alpha value is -1.55. The number of benzene rings is 1. The van der Waals surface area contributed by atoms with E-state index < -0.39 is 5.41 Å². The fourth-order valence-corrected chi connectivity index (χ4v) is 1.33. The number of hydrogen-bond donors (Lipinski definition) is 1. The summed E-state index contributed by atoms with van der Waals surface area (Å²) < 4.78 is 5.63. The van der Waals surface area contributed by atoms with Crippen molar-refractivity contribution in [2.75, 3.05) is 32.6 Å². The van der Waals surface area contributed by atoms with E-state index >= 15 is 0 Å². The first kappa shape index (κ1) is 15.5. The number of anilines is 1. The molecule has 0 spiro atoms. The number of rotatable bonds is 5. The van der Waals surface area contributed by atoms with Crippen molar-refractivity contribution in [3.63, 3.8) is 0 Å². The number of likely N-dealkylation sites (N-methyl/N-ethyl adjacent to an activating group) is 1. The Morgan fingerprint density at radius 3 is 2.58 bits per heavy atom. The summed E-state index contributed by atoms with van der Waals surface area (Å²) in [6.45, 7) is 7.15. The van der Waals surface area contributed by atoms with Gasteiger partial charge in [0.2, 0.25) is 5.91 Å². The summed E-state index contributed by atoms with van der Waals surface area (Å²) in [7, 11) is 4.01. The second-order valence-electron chi connectivity index (χ2n) is 5.88. The summed E-state index contributed by atoms with van der Waals surface area (Å²) in [4.78, 5) is 14.0. The zero-order valence-corrected chi connectivity index (χ0v) is 12.5. The SMILES string of the molecule is CN(C)CCOc1cccc(NC(=O)C(C)(C)C)c1. The largest absolute Gasteiger partial charge is 0.492 e. The van der Waals surface area contributed by atoms with Gasteiger partial charge < -0.3 is 15.0 Å². The summed E-state index contributed by atoms with van der Waals surface area (Å²) in [6, 6.07) is 7.48. The van der Waals surface area contributed by atoms with E-state index in [4.69, 9.17) is 4.74 Å². The van der Waals surface area contributed by atoms with Gasteiger partial charge in [0.05, 0.1) is 0 Å².